The van der Waals surface area contributed by atoms with Gasteiger partial charge in [-0.1, -0.05) is 17.7 Å². The molecule has 6 heteroatoms. The van der Waals surface area contributed by atoms with Crippen LogP contribution in [0.1, 0.15) is 15.9 Å². The van der Waals surface area contributed by atoms with Crippen molar-refractivity contribution in [1.82, 2.24) is 9.55 Å². The minimum atomic E-state index is -0.566. The van der Waals surface area contributed by atoms with Gasteiger partial charge < -0.3 is 10.3 Å². The minimum absolute atomic E-state index is 0.200. The molecule has 0 aliphatic heterocycles. The molecule has 3 aromatic rings. The molecule has 22 heavy (non-hydrogen) atoms. The summed E-state index contributed by atoms with van der Waals surface area (Å²) in [4.78, 5) is 27.3. The predicted octanol–water partition coefficient (Wildman–Crippen LogP) is 2.20. The maximum absolute atomic E-state index is 11.9. The molecule has 0 atom stereocenters. The zero-order chi connectivity index (χ0) is 15.7. The number of benzene rings is 1. The van der Waals surface area contributed by atoms with E-state index in [0.717, 1.165) is 16.5 Å². The summed E-state index contributed by atoms with van der Waals surface area (Å²) in [7, 11) is 0. The van der Waals surface area contributed by atoms with Gasteiger partial charge in [0, 0.05) is 23.8 Å². The number of primary amides is 1. The summed E-state index contributed by atoms with van der Waals surface area (Å²) in [6.45, 7) is 0.336. The van der Waals surface area contributed by atoms with Crippen LogP contribution >= 0.6 is 11.6 Å². The van der Waals surface area contributed by atoms with Gasteiger partial charge >= 0.3 is 0 Å². The van der Waals surface area contributed by atoms with Crippen molar-refractivity contribution < 1.29 is 4.79 Å². The lowest BCUT2D eigenvalue weighted by molar-refractivity contribution is 0.0999. The highest BCUT2D eigenvalue weighted by Gasteiger charge is 2.05. The van der Waals surface area contributed by atoms with E-state index in [4.69, 9.17) is 17.3 Å². The maximum atomic E-state index is 11.9. The lowest BCUT2D eigenvalue weighted by Gasteiger charge is -2.08. The summed E-state index contributed by atoms with van der Waals surface area (Å²) in [6, 6.07) is 10.2. The summed E-state index contributed by atoms with van der Waals surface area (Å²) < 4.78 is 1.44. The maximum Gasteiger partial charge on any atom is 0.250 e. The van der Waals surface area contributed by atoms with E-state index in [-0.39, 0.29) is 5.56 Å². The highest BCUT2D eigenvalue weighted by Crippen LogP contribution is 2.18. The van der Waals surface area contributed by atoms with Gasteiger partial charge in [0.1, 0.15) is 0 Å². The first-order valence-electron chi connectivity index (χ1n) is 6.57. The van der Waals surface area contributed by atoms with Crippen molar-refractivity contribution in [2.24, 2.45) is 5.73 Å². The van der Waals surface area contributed by atoms with E-state index in [1.54, 1.807) is 6.20 Å². The van der Waals surface area contributed by atoms with Gasteiger partial charge in [0.05, 0.1) is 22.6 Å². The van der Waals surface area contributed by atoms with Crippen LogP contribution in [0, 0.1) is 0 Å². The number of nitrogens with zero attached hydrogens (tertiary/aromatic N) is 2. The van der Waals surface area contributed by atoms with Gasteiger partial charge in [0.2, 0.25) is 5.91 Å². The summed E-state index contributed by atoms with van der Waals surface area (Å²) in [5.41, 5.74) is 7.06. The van der Waals surface area contributed by atoms with Gasteiger partial charge in [-0.3, -0.25) is 14.6 Å². The molecule has 3 rings (SSSR count). The number of fused-ring (bicyclic) bond motifs is 1. The molecule has 0 aliphatic rings. The van der Waals surface area contributed by atoms with E-state index in [2.05, 4.69) is 4.98 Å². The van der Waals surface area contributed by atoms with Crippen molar-refractivity contribution in [1.29, 1.82) is 0 Å². The molecule has 0 saturated heterocycles. The first-order valence-corrected chi connectivity index (χ1v) is 6.95. The SMILES string of the molecule is NC(=O)c1ccc(=O)n(Cc2ccc3ncc(Cl)cc3c2)c1. The monoisotopic (exact) mass is 313 g/mol. The van der Waals surface area contributed by atoms with Crippen LogP contribution in [0.2, 0.25) is 5.02 Å². The molecular weight excluding hydrogens is 302 g/mol. The molecule has 5 nitrogen and oxygen atoms in total. The number of aromatic nitrogens is 2. The van der Waals surface area contributed by atoms with Crippen LogP contribution < -0.4 is 11.3 Å². The zero-order valence-corrected chi connectivity index (χ0v) is 12.2. The standard InChI is InChI=1S/C16H12ClN3O2/c17-13-6-12-5-10(1-3-14(12)19-7-13)8-20-9-11(16(18)22)2-4-15(20)21/h1-7,9H,8H2,(H2,18,22). The molecule has 2 N–H and O–H groups in total. The van der Waals surface area contributed by atoms with Crippen LogP contribution in [0.25, 0.3) is 10.9 Å². The van der Waals surface area contributed by atoms with Crippen molar-refractivity contribution in [3.63, 3.8) is 0 Å². The topological polar surface area (TPSA) is 78.0 Å². The van der Waals surface area contributed by atoms with Gasteiger partial charge in [0.25, 0.3) is 5.56 Å². The van der Waals surface area contributed by atoms with Gasteiger partial charge in [-0.2, -0.15) is 0 Å². The molecule has 0 saturated carbocycles. The second-order valence-corrected chi connectivity index (χ2v) is 5.37. The third-order valence-corrected chi connectivity index (χ3v) is 3.54. The normalized spacial score (nSPS) is 10.8. The predicted molar refractivity (Wildman–Crippen MR) is 85.1 cm³/mol. The lowest BCUT2D eigenvalue weighted by atomic mass is 10.1. The molecule has 2 heterocycles. The van der Waals surface area contributed by atoms with E-state index in [9.17, 15) is 9.59 Å². The Labute approximate surface area is 131 Å². The van der Waals surface area contributed by atoms with Crippen molar-refractivity contribution in [3.8, 4) is 0 Å². The number of carbonyl (C=O) groups is 1. The van der Waals surface area contributed by atoms with E-state index in [1.165, 1.54) is 22.9 Å². The molecule has 0 bridgehead atoms. The molecule has 1 aromatic carbocycles. The Hall–Kier alpha value is -2.66. The van der Waals surface area contributed by atoms with Gasteiger partial charge in [-0.05, 0) is 29.8 Å². The average molecular weight is 314 g/mol. The van der Waals surface area contributed by atoms with E-state index in [1.807, 2.05) is 24.3 Å². The third kappa shape index (κ3) is 2.84. The molecule has 0 spiro atoms. The number of nitrogens with two attached hydrogens (primary N) is 1. The Morgan fingerprint density at radius 1 is 1.23 bits per heavy atom. The second-order valence-electron chi connectivity index (χ2n) is 4.93. The Morgan fingerprint density at radius 2 is 2.05 bits per heavy atom. The van der Waals surface area contributed by atoms with Crippen molar-refractivity contribution >= 4 is 28.4 Å². The number of hydrogen-bond acceptors (Lipinski definition) is 3. The first kappa shape index (κ1) is 14.3. The fourth-order valence-corrected chi connectivity index (χ4v) is 2.42. The van der Waals surface area contributed by atoms with Crippen molar-refractivity contribution in [3.05, 3.63) is 75.3 Å². The number of carbonyl (C=O) groups excluding carboxylic acids is 1. The fourth-order valence-electron chi connectivity index (χ4n) is 2.25. The van der Waals surface area contributed by atoms with Crippen LogP contribution in [0.5, 0.6) is 0 Å². The quantitative estimate of drug-likeness (QED) is 0.805. The Morgan fingerprint density at radius 3 is 2.82 bits per heavy atom. The molecule has 1 amide bonds. The Balaban J connectivity index is 2.01. The number of pyridine rings is 2. The van der Waals surface area contributed by atoms with Gasteiger partial charge in [-0.15, -0.1) is 0 Å². The van der Waals surface area contributed by atoms with E-state index >= 15 is 0 Å². The summed E-state index contributed by atoms with van der Waals surface area (Å²) in [5.74, 6) is -0.566. The summed E-state index contributed by atoms with van der Waals surface area (Å²) in [5, 5.41) is 1.45. The molecule has 0 fully saturated rings. The van der Waals surface area contributed by atoms with Gasteiger partial charge in [-0.25, -0.2) is 0 Å². The average Bonchev–Trinajstić information content (AvgIpc) is 2.49. The van der Waals surface area contributed by atoms with Gasteiger partial charge in [0.15, 0.2) is 0 Å². The smallest absolute Gasteiger partial charge is 0.250 e. The largest absolute Gasteiger partial charge is 0.366 e. The van der Waals surface area contributed by atoms with Crippen LogP contribution in [-0.2, 0) is 6.54 Å². The lowest BCUT2D eigenvalue weighted by Crippen LogP contribution is -2.22. The molecule has 110 valence electrons. The van der Waals surface area contributed by atoms with Crippen molar-refractivity contribution in [2.45, 2.75) is 6.54 Å². The molecule has 0 radical (unpaired) electrons. The van der Waals surface area contributed by atoms with Crippen LogP contribution in [0.4, 0.5) is 0 Å². The molecule has 0 unspecified atom stereocenters. The summed E-state index contributed by atoms with van der Waals surface area (Å²) >= 11 is 5.94. The zero-order valence-electron chi connectivity index (χ0n) is 11.5. The third-order valence-electron chi connectivity index (χ3n) is 3.33. The fraction of sp³-hybridized carbons (Fsp3) is 0.0625. The second kappa shape index (κ2) is 5.61. The van der Waals surface area contributed by atoms with E-state index < -0.39 is 5.91 Å². The minimum Gasteiger partial charge on any atom is -0.366 e. The van der Waals surface area contributed by atoms with E-state index in [0.29, 0.717) is 17.1 Å². The highest BCUT2D eigenvalue weighted by atomic mass is 35.5. The highest BCUT2D eigenvalue weighted by molar-refractivity contribution is 6.31. The molecule has 0 aliphatic carbocycles. The molecular formula is C16H12ClN3O2. The number of amides is 1. The Kier molecular flexibility index (Phi) is 3.65. The van der Waals surface area contributed by atoms with Crippen LogP contribution in [-0.4, -0.2) is 15.5 Å². The van der Waals surface area contributed by atoms with Crippen LogP contribution in [0.3, 0.4) is 0 Å². The number of halogens is 1. The number of rotatable bonds is 3. The first-order chi connectivity index (χ1) is 10.5. The number of hydrogen-bond donors (Lipinski definition) is 1. The molecule has 2 aromatic heterocycles. The Bertz CT molecular complexity index is 934. The van der Waals surface area contributed by atoms with Crippen molar-refractivity contribution in [2.75, 3.05) is 0 Å². The summed E-state index contributed by atoms with van der Waals surface area (Å²) in [6.07, 6.45) is 3.05. The van der Waals surface area contributed by atoms with Crippen LogP contribution in [0.15, 0.2) is 53.6 Å².